The highest BCUT2D eigenvalue weighted by atomic mass is 32.1. The molecule has 1 fully saturated rings. The minimum atomic E-state index is -0.351. The van der Waals surface area contributed by atoms with Crippen LogP contribution in [-0.4, -0.2) is 25.1 Å². The highest BCUT2D eigenvalue weighted by Crippen LogP contribution is 2.46. The monoisotopic (exact) mass is 371 g/mol. The van der Waals surface area contributed by atoms with Crippen LogP contribution >= 0.6 is 11.3 Å². The summed E-state index contributed by atoms with van der Waals surface area (Å²) in [6.45, 7) is 2.45. The number of amides is 1. The Hall–Kier alpha value is -2.34. The summed E-state index contributed by atoms with van der Waals surface area (Å²) in [5.74, 6) is 0.522. The molecule has 0 saturated heterocycles. The topological polar surface area (TPSA) is 64.6 Å². The Labute approximate surface area is 156 Å². The average Bonchev–Trinajstić information content (AvgIpc) is 3.42. The molecule has 2 aliphatic rings. The summed E-state index contributed by atoms with van der Waals surface area (Å²) in [7, 11) is 0. The largest absolute Gasteiger partial charge is 0.492 e. The van der Waals surface area contributed by atoms with Gasteiger partial charge in [-0.25, -0.2) is 4.79 Å². The first-order valence-electron chi connectivity index (χ1n) is 8.97. The Balaban J connectivity index is 1.52. The van der Waals surface area contributed by atoms with Gasteiger partial charge in [-0.05, 0) is 54.7 Å². The van der Waals surface area contributed by atoms with Crippen molar-refractivity contribution in [1.82, 2.24) is 0 Å². The van der Waals surface area contributed by atoms with E-state index in [1.54, 1.807) is 6.92 Å². The number of para-hydroxylation sites is 1. The summed E-state index contributed by atoms with van der Waals surface area (Å²) in [6.07, 6.45) is 2.81. The van der Waals surface area contributed by atoms with Gasteiger partial charge in [0.25, 0.3) is 0 Å². The molecule has 0 spiro atoms. The second-order valence-electron chi connectivity index (χ2n) is 6.70. The number of rotatable bonds is 5. The van der Waals surface area contributed by atoms with Gasteiger partial charge in [-0.15, -0.1) is 11.3 Å². The minimum Gasteiger partial charge on any atom is -0.492 e. The number of thiophene rings is 1. The summed E-state index contributed by atoms with van der Waals surface area (Å²) in [4.78, 5) is 25.2. The van der Waals surface area contributed by atoms with Crippen LogP contribution in [0, 0.1) is 5.92 Å². The predicted octanol–water partition coefficient (Wildman–Crippen LogP) is 3.99. The second-order valence-corrected chi connectivity index (χ2v) is 7.58. The molecule has 1 amide bonds. The summed E-state index contributed by atoms with van der Waals surface area (Å²) in [5.41, 5.74) is 2.58. The van der Waals surface area contributed by atoms with Gasteiger partial charge in [0.1, 0.15) is 17.4 Å². The molecule has 1 saturated carbocycles. The van der Waals surface area contributed by atoms with E-state index in [4.69, 9.17) is 9.47 Å². The van der Waals surface area contributed by atoms with Gasteiger partial charge in [0.05, 0.1) is 18.1 Å². The van der Waals surface area contributed by atoms with E-state index in [0.29, 0.717) is 36.1 Å². The molecule has 2 heterocycles. The normalized spacial score (nSPS) is 18.6. The molecule has 0 radical (unpaired) electrons. The van der Waals surface area contributed by atoms with Crippen LogP contribution in [0.2, 0.25) is 0 Å². The average molecular weight is 371 g/mol. The SMILES string of the molecule is CCOC(=O)c1c(C2CC2)csc1NC(=O)C1COc2ccccc2C1. The minimum absolute atomic E-state index is 0.116. The molecule has 4 rings (SSSR count). The van der Waals surface area contributed by atoms with Crippen molar-refractivity contribution in [3.05, 3.63) is 46.3 Å². The van der Waals surface area contributed by atoms with E-state index in [-0.39, 0.29) is 17.8 Å². The summed E-state index contributed by atoms with van der Waals surface area (Å²) in [6, 6.07) is 7.77. The molecule has 5 nitrogen and oxygen atoms in total. The van der Waals surface area contributed by atoms with Gasteiger partial charge in [-0.3, -0.25) is 4.79 Å². The number of carbonyl (C=O) groups is 2. The van der Waals surface area contributed by atoms with Gasteiger partial charge in [0.15, 0.2) is 0 Å². The Morgan fingerprint density at radius 2 is 2.12 bits per heavy atom. The zero-order chi connectivity index (χ0) is 18.1. The number of carbonyl (C=O) groups excluding carboxylic acids is 2. The third-order valence-electron chi connectivity index (χ3n) is 4.80. The number of nitrogens with one attached hydrogen (secondary N) is 1. The molecule has 26 heavy (non-hydrogen) atoms. The fourth-order valence-electron chi connectivity index (χ4n) is 3.28. The van der Waals surface area contributed by atoms with Crippen LogP contribution in [-0.2, 0) is 16.0 Å². The Kier molecular flexibility index (Phi) is 4.68. The van der Waals surface area contributed by atoms with Crippen LogP contribution in [0.25, 0.3) is 0 Å². The zero-order valence-electron chi connectivity index (χ0n) is 14.6. The van der Waals surface area contributed by atoms with Crippen molar-refractivity contribution >= 4 is 28.2 Å². The molecule has 6 heteroatoms. The third kappa shape index (κ3) is 3.33. The Morgan fingerprint density at radius 1 is 1.31 bits per heavy atom. The van der Waals surface area contributed by atoms with Crippen molar-refractivity contribution in [3.63, 3.8) is 0 Å². The van der Waals surface area contributed by atoms with Crippen LogP contribution in [0.5, 0.6) is 5.75 Å². The highest BCUT2D eigenvalue weighted by molar-refractivity contribution is 7.15. The van der Waals surface area contributed by atoms with Crippen molar-refractivity contribution in [2.24, 2.45) is 5.92 Å². The fourth-order valence-corrected chi connectivity index (χ4v) is 4.32. The molecule has 1 aliphatic carbocycles. The van der Waals surface area contributed by atoms with Crippen LogP contribution < -0.4 is 10.1 Å². The quantitative estimate of drug-likeness (QED) is 0.807. The van der Waals surface area contributed by atoms with E-state index >= 15 is 0 Å². The first-order valence-corrected chi connectivity index (χ1v) is 9.85. The van der Waals surface area contributed by atoms with Crippen molar-refractivity contribution < 1.29 is 19.1 Å². The van der Waals surface area contributed by atoms with Gasteiger partial charge in [0.2, 0.25) is 5.91 Å². The lowest BCUT2D eigenvalue weighted by Gasteiger charge is -2.24. The number of esters is 1. The van der Waals surface area contributed by atoms with Gasteiger partial charge in [-0.1, -0.05) is 18.2 Å². The van der Waals surface area contributed by atoms with Gasteiger partial charge >= 0.3 is 5.97 Å². The predicted molar refractivity (Wildman–Crippen MR) is 100 cm³/mol. The molecule has 1 unspecified atom stereocenters. The lowest BCUT2D eigenvalue weighted by Crippen LogP contribution is -2.32. The van der Waals surface area contributed by atoms with E-state index < -0.39 is 0 Å². The smallest absolute Gasteiger partial charge is 0.341 e. The van der Waals surface area contributed by atoms with Gasteiger partial charge in [-0.2, -0.15) is 0 Å². The van der Waals surface area contributed by atoms with Gasteiger partial charge < -0.3 is 14.8 Å². The van der Waals surface area contributed by atoms with E-state index in [2.05, 4.69) is 5.32 Å². The van der Waals surface area contributed by atoms with Crippen molar-refractivity contribution in [2.45, 2.75) is 32.1 Å². The number of hydrogen-bond acceptors (Lipinski definition) is 5. The first-order chi connectivity index (χ1) is 12.7. The van der Waals surface area contributed by atoms with E-state index in [1.807, 2.05) is 29.6 Å². The molecular formula is C20H21NO4S. The number of benzene rings is 1. The maximum absolute atomic E-state index is 12.8. The number of anilines is 1. The zero-order valence-corrected chi connectivity index (χ0v) is 15.4. The molecular weight excluding hydrogens is 350 g/mol. The Morgan fingerprint density at radius 3 is 2.88 bits per heavy atom. The van der Waals surface area contributed by atoms with Crippen molar-refractivity contribution in [3.8, 4) is 5.75 Å². The van der Waals surface area contributed by atoms with Crippen LogP contribution in [0.15, 0.2) is 29.6 Å². The molecule has 1 aromatic heterocycles. The van der Waals surface area contributed by atoms with Crippen molar-refractivity contribution in [1.29, 1.82) is 0 Å². The maximum atomic E-state index is 12.8. The molecule has 1 aromatic carbocycles. The highest BCUT2D eigenvalue weighted by Gasteiger charge is 2.33. The van der Waals surface area contributed by atoms with Gasteiger partial charge in [0, 0.05) is 0 Å². The number of fused-ring (bicyclic) bond motifs is 1. The summed E-state index contributed by atoms with van der Waals surface area (Å²) in [5, 5.41) is 5.52. The first kappa shape index (κ1) is 17.1. The third-order valence-corrected chi connectivity index (χ3v) is 5.72. The van der Waals surface area contributed by atoms with E-state index in [0.717, 1.165) is 29.7 Å². The van der Waals surface area contributed by atoms with Crippen LogP contribution in [0.1, 0.15) is 47.2 Å². The molecule has 1 atom stereocenters. The molecule has 0 bridgehead atoms. The summed E-state index contributed by atoms with van der Waals surface area (Å²) >= 11 is 1.40. The van der Waals surface area contributed by atoms with Crippen LogP contribution in [0.3, 0.4) is 0 Å². The maximum Gasteiger partial charge on any atom is 0.341 e. The lowest BCUT2D eigenvalue weighted by atomic mass is 9.96. The second kappa shape index (κ2) is 7.11. The van der Waals surface area contributed by atoms with E-state index in [1.165, 1.54) is 11.3 Å². The molecule has 1 aliphatic heterocycles. The number of ether oxygens (including phenoxy) is 2. The van der Waals surface area contributed by atoms with Crippen LogP contribution in [0.4, 0.5) is 5.00 Å². The standard InChI is InChI=1S/C20H21NO4S/c1-2-24-20(23)17-15(12-7-8-12)11-26-19(17)21-18(22)14-9-13-5-3-4-6-16(13)25-10-14/h3-6,11-12,14H,2,7-10H2,1H3,(H,21,22). The molecule has 1 N–H and O–H groups in total. The molecule has 136 valence electrons. The fraction of sp³-hybridized carbons (Fsp3) is 0.400. The molecule has 2 aromatic rings. The summed E-state index contributed by atoms with van der Waals surface area (Å²) < 4.78 is 10.9. The van der Waals surface area contributed by atoms with E-state index in [9.17, 15) is 9.59 Å². The lowest BCUT2D eigenvalue weighted by molar-refractivity contribution is -0.121. The van der Waals surface area contributed by atoms with Crippen molar-refractivity contribution in [2.75, 3.05) is 18.5 Å². The number of hydrogen-bond donors (Lipinski definition) is 1. The Bertz CT molecular complexity index is 840.